The topological polar surface area (TPSA) is 60.9 Å². The molecule has 3 rings (SSSR count). The van der Waals surface area contributed by atoms with Crippen molar-refractivity contribution in [1.82, 2.24) is 14.1 Å². The molecule has 7 heteroatoms. The Labute approximate surface area is 156 Å². The van der Waals surface area contributed by atoms with E-state index in [1.54, 1.807) is 12.1 Å². The lowest BCUT2D eigenvalue weighted by Crippen LogP contribution is -2.50. The molecule has 0 radical (unpaired) electrons. The second kappa shape index (κ2) is 8.06. The van der Waals surface area contributed by atoms with Gasteiger partial charge in [-0.05, 0) is 44.0 Å². The number of aryl methyl sites for hydroxylation is 1. The Hall–Kier alpha value is -1.44. The van der Waals surface area contributed by atoms with Crippen molar-refractivity contribution in [3.63, 3.8) is 0 Å². The van der Waals surface area contributed by atoms with Gasteiger partial charge in [0.15, 0.2) is 0 Å². The number of benzene rings is 1. The maximum atomic E-state index is 12.8. The second-order valence-corrected chi connectivity index (χ2v) is 9.24. The molecule has 2 heterocycles. The number of hydrogen-bond donors (Lipinski definition) is 0. The number of carbonyl (C=O) groups is 1. The molecule has 6 nitrogen and oxygen atoms in total. The van der Waals surface area contributed by atoms with E-state index in [1.807, 2.05) is 24.0 Å². The molecule has 2 saturated heterocycles. The monoisotopic (exact) mass is 379 g/mol. The Morgan fingerprint density at radius 2 is 1.58 bits per heavy atom. The van der Waals surface area contributed by atoms with Gasteiger partial charge >= 0.3 is 0 Å². The first-order valence-electron chi connectivity index (χ1n) is 9.48. The molecule has 0 bridgehead atoms. The minimum Gasteiger partial charge on any atom is -0.340 e. The van der Waals surface area contributed by atoms with Crippen LogP contribution < -0.4 is 0 Å². The van der Waals surface area contributed by atoms with E-state index in [-0.39, 0.29) is 11.8 Å². The maximum Gasteiger partial charge on any atom is 0.243 e. The van der Waals surface area contributed by atoms with Crippen molar-refractivity contribution >= 4 is 15.9 Å². The quantitative estimate of drug-likeness (QED) is 0.794. The highest BCUT2D eigenvalue weighted by molar-refractivity contribution is 7.89. The first-order chi connectivity index (χ1) is 12.4. The van der Waals surface area contributed by atoms with Crippen molar-refractivity contribution in [3.8, 4) is 0 Å². The van der Waals surface area contributed by atoms with Crippen LogP contribution in [0.5, 0.6) is 0 Å². The molecule has 2 aliphatic rings. The van der Waals surface area contributed by atoms with Crippen molar-refractivity contribution in [2.45, 2.75) is 31.1 Å². The highest BCUT2D eigenvalue weighted by Crippen LogP contribution is 2.25. The molecule has 2 fully saturated rings. The Kier molecular flexibility index (Phi) is 5.99. The standard InChI is InChI=1S/C19H29N3O3S/c1-3-16-4-6-18(7-5-16)26(24,25)22-10-8-17(9-11-22)19(23)21-14-12-20(2)13-15-21/h4-7,17H,3,8-15H2,1-2H3. The van der Waals surface area contributed by atoms with Crippen molar-refractivity contribution < 1.29 is 13.2 Å². The van der Waals surface area contributed by atoms with Gasteiger partial charge in [-0.1, -0.05) is 19.1 Å². The Morgan fingerprint density at radius 1 is 1.00 bits per heavy atom. The summed E-state index contributed by atoms with van der Waals surface area (Å²) in [6, 6.07) is 7.12. The number of nitrogens with zero attached hydrogens (tertiary/aromatic N) is 3. The number of sulfonamides is 1. The van der Waals surface area contributed by atoms with Crippen LogP contribution >= 0.6 is 0 Å². The summed E-state index contributed by atoms with van der Waals surface area (Å²) in [5, 5.41) is 0. The van der Waals surface area contributed by atoms with Crippen molar-refractivity contribution in [3.05, 3.63) is 29.8 Å². The molecule has 0 unspecified atom stereocenters. The number of carbonyl (C=O) groups excluding carboxylic acids is 1. The van der Waals surface area contributed by atoms with Gasteiger partial charge in [-0.25, -0.2) is 8.42 Å². The van der Waals surface area contributed by atoms with Crippen LogP contribution in [0.4, 0.5) is 0 Å². The van der Waals surface area contributed by atoms with E-state index in [0.29, 0.717) is 30.8 Å². The molecule has 26 heavy (non-hydrogen) atoms. The van der Waals surface area contributed by atoms with Crippen molar-refractivity contribution in [2.24, 2.45) is 5.92 Å². The minimum absolute atomic E-state index is 0.0488. The summed E-state index contributed by atoms with van der Waals surface area (Å²) in [5.41, 5.74) is 1.13. The molecular formula is C19H29N3O3S. The molecular weight excluding hydrogens is 350 g/mol. The van der Waals surface area contributed by atoms with Gasteiger partial charge in [0.25, 0.3) is 0 Å². The number of piperazine rings is 1. The van der Waals surface area contributed by atoms with Gasteiger partial charge in [-0.3, -0.25) is 4.79 Å². The number of amides is 1. The van der Waals surface area contributed by atoms with E-state index in [9.17, 15) is 13.2 Å². The van der Waals surface area contributed by atoms with Crippen LogP contribution in [0.1, 0.15) is 25.3 Å². The van der Waals surface area contributed by atoms with Gasteiger partial charge in [-0.2, -0.15) is 4.31 Å². The van der Waals surface area contributed by atoms with Crippen molar-refractivity contribution in [1.29, 1.82) is 0 Å². The predicted molar refractivity (Wildman–Crippen MR) is 101 cm³/mol. The van der Waals surface area contributed by atoms with Crippen LogP contribution in [-0.4, -0.2) is 74.7 Å². The molecule has 1 amide bonds. The van der Waals surface area contributed by atoms with Crippen LogP contribution in [0, 0.1) is 5.92 Å². The van der Waals surface area contributed by atoms with Gasteiger partial charge < -0.3 is 9.80 Å². The highest BCUT2D eigenvalue weighted by Gasteiger charge is 2.34. The number of rotatable bonds is 4. The van der Waals surface area contributed by atoms with Crippen LogP contribution in [-0.2, 0) is 21.2 Å². The average Bonchev–Trinajstić information content (AvgIpc) is 2.68. The largest absolute Gasteiger partial charge is 0.340 e. The zero-order valence-corrected chi connectivity index (χ0v) is 16.5. The van der Waals surface area contributed by atoms with E-state index < -0.39 is 10.0 Å². The molecule has 1 aromatic rings. The van der Waals surface area contributed by atoms with Gasteiger partial charge in [-0.15, -0.1) is 0 Å². The first kappa shape index (κ1) is 19.3. The Balaban J connectivity index is 1.59. The van der Waals surface area contributed by atoms with Crippen LogP contribution in [0.25, 0.3) is 0 Å². The third-order valence-electron chi connectivity index (χ3n) is 5.59. The van der Waals surface area contributed by atoms with E-state index in [1.165, 1.54) is 4.31 Å². The zero-order valence-electron chi connectivity index (χ0n) is 15.7. The average molecular weight is 380 g/mol. The lowest BCUT2D eigenvalue weighted by molar-refractivity contribution is -0.138. The van der Waals surface area contributed by atoms with E-state index in [4.69, 9.17) is 0 Å². The summed E-state index contributed by atoms with van der Waals surface area (Å²) in [4.78, 5) is 17.2. The molecule has 144 valence electrons. The van der Waals surface area contributed by atoms with E-state index in [0.717, 1.165) is 38.2 Å². The van der Waals surface area contributed by atoms with Crippen LogP contribution in [0.15, 0.2) is 29.2 Å². The van der Waals surface area contributed by atoms with Crippen molar-refractivity contribution in [2.75, 3.05) is 46.3 Å². The molecule has 0 atom stereocenters. The SMILES string of the molecule is CCc1ccc(S(=O)(=O)N2CCC(C(=O)N3CCN(C)CC3)CC2)cc1. The second-order valence-electron chi connectivity index (χ2n) is 7.30. The summed E-state index contributed by atoms with van der Waals surface area (Å²) >= 11 is 0. The molecule has 1 aromatic carbocycles. The molecule has 0 N–H and O–H groups in total. The van der Waals surface area contributed by atoms with Gasteiger partial charge in [0.1, 0.15) is 0 Å². The van der Waals surface area contributed by atoms with Gasteiger partial charge in [0.2, 0.25) is 15.9 Å². The van der Waals surface area contributed by atoms with Gasteiger partial charge in [0.05, 0.1) is 4.90 Å². The third-order valence-corrected chi connectivity index (χ3v) is 7.50. The number of hydrogen-bond acceptors (Lipinski definition) is 4. The summed E-state index contributed by atoms with van der Waals surface area (Å²) in [5.74, 6) is 0.148. The van der Waals surface area contributed by atoms with Gasteiger partial charge in [0, 0.05) is 45.2 Å². The summed E-state index contributed by atoms with van der Waals surface area (Å²) in [6.07, 6.45) is 2.11. The molecule has 0 aromatic heterocycles. The zero-order chi connectivity index (χ0) is 18.7. The van der Waals surface area contributed by atoms with E-state index >= 15 is 0 Å². The van der Waals surface area contributed by atoms with E-state index in [2.05, 4.69) is 11.9 Å². The Morgan fingerprint density at radius 3 is 2.12 bits per heavy atom. The fraction of sp³-hybridized carbons (Fsp3) is 0.632. The van der Waals surface area contributed by atoms with Crippen LogP contribution in [0.2, 0.25) is 0 Å². The molecule has 0 saturated carbocycles. The summed E-state index contributed by atoms with van der Waals surface area (Å²) < 4.78 is 27.2. The fourth-order valence-corrected chi connectivity index (χ4v) is 5.14. The predicted octanol–water partition coefficient (Wildman–Crippen LogP) is 1.42. The highest BCUT2D eigenvalue weighted by atomic mass is 32.2. The molecule has 0 aliphatic carbocycles. The Bertz CT molecular complexity index is 717. The third kappa shape index (κ3) is 4.10. The lowest BCUT2D eigenvalue weighted by Gasteiger charge is -2.37. The fourth-order valence-electron chi connectivity index (χ4n) is 3.67. The first-order valence-corrected chi connectivity index (χ1v) is 10.9. The molecule has 2 aliphatic heterocycles. The number of piperidine rings is 1. The number of likely N-dealkylation sites (N-methyl/N-ethyl adjacent to an activating group) is 1. The summed E-state index contributed by atoms with van der Waals surface area (Å²) in [7, 11) is -1.40. The minimum atomic E-state index is -3.47. The lowest BCUT2D eigenvalue weighted by atomic mass is 9.96. The molecule has 0 spiro atoms. The maximum absolute atomic E-state index is 12.8. The normalized spacial score (nSPS) is 21.1. The summed E-state index contributed by atoms with van der Waals surface area (Å²) in [6.45, 7) is 6.25. The van der Waals surface area contributed by atoms with Crippen LogP contribution in [0.3, 0.4) is 0 Å². The smallest absolute Gasteiger partial charge is 0.243 e.